The van der Waals surface area contributed by atoms with Gasteiger partial charge in [-0.1, -0.05) is 127 Å². The van der Waals surface area contributed by atoms with E-state index in [1.807, 2.05) is 53.7 Å². The van der Waals surface area contributed by atoms with Crippen LogP contribution in [0.25, 0.3) is 0 Å². The van der Waals surface area contributed by atoms with Crippen molar-refractivity contribution >= 4 is 117 Å². The first-order valence-electron chi connectivity index (χ1n) is 34.7. The highest BCUT2D eigenvalue weighted by atomic mass is 127. The monoisotopic (exact) mass is 1540 g/mol. The number of rotatable bonds is 16. The van der Waals surface area contributed by atoms with Gasteiger partial charge in [0.15, 0.2) is 0 Å². The fraction of sp³-hybridized carbons (Fsp3) is 0.589. The second kappa shape index (κ2) is 39.7. The third kappa shape index (κ3) is 24.4. The molecule has 550 valence electrons. The van der Waals surface area contributed by atoms with Crippen LogP contribution in [-0.4, -0.2) is 240 Å². The molecule has 0 bridgehead atoms. The van der Waals surface area contributed by atoms with Crippen LogP contribution in [0.4, 0.5) is 0 Å². The van der Waals surface area contributed by atoms with Gasteiger partial charge < -0.3 is 60.5 Å². The Hall–Kier alpha value is -7.39. The van der Waals surface area contributed by atoms with Gasteiger partial charge in [-0.3, -0.25) is 57.5 Å². The summed E-state index contributed by atoms with van der Waals surface area (Å²) in [7, 11) is 9.79. The number of likely N-dealkylation sites (tertiary alicyclic amines) is 1. The number of nitrogens with zero attached hydrogens (tertiary/aromatic N) is 8. The molecule has 9 atom stereocenters. The van der Waals surface area contributed by atoms with E-state index in [1.54, 1.807) is 72.5 Å². The number of halogens is 3. The Morgan fingerprint density at radius 1 is 0.510 bits per heavy atom. The van der Waals surface area contributed by atoms with E-state index < -0.39 is 151 Å². The number of piperidine rings is 1. The van der Waals surface area contributed by atoms with Gasteiger partial charge in [-0.05, 0) is 132 Å². The Balaban J connectivity index is 1.67. The lowest BCUT2D eigenvalue weighted by atomic mass is 9.95. The zero-order valence-corrected chi connectivity index (χ0v) is 64.3. The molecular weight excluding hydrogens is 1430 g/mol. The zero-order valence-electron chi connectivity index (χ0n) is 60.6. The highest BCUT2D eigenvalue weighted by Crippen LogP contribution is 2.24. The maximum atomic E-state index is 15.4. The maximum Gasteiger partial charge on any atom is 0.245 e. The van der Waals surface area contributed by atoms with E-state index in [9.17, 15) is 33.6 Å². The Kier molecular flexibility index (Phi) is 33.1. The van der Waals surface area contributed by atoms with Crippen LogP contribution < -0.4 is 21.3 Å². The van der Waals surface area contributed by atoms with E-state index in [0.717, 1.165) is 24.7 Å². The van der Waals surface area contributed by atoms with Crippen molar-refractivity contribution in [1.29, 1.82) is 0 Å². The van der Waals surface area contributed by atoms with Crippen LogP contribution >= 0.6 is 45.8 Å². The summed E-state index contributed by atoms with van der Waals surface area (Å²) in [5.74, 6) is -9.06. The summed E-state index contributed by atoms with van der Waals surface area (Å²) in [5, 5.41) is 12.4. The molecule has 27 heteroatoms. The predicted molar refractivity (Wildman–Crippen MR) is 393 cm³/mol. The van der Waals surface area contributed by atoms with Crippen LogP contribution in [-0.2, 0) is 76.8 Å². The normalized spacial score (nSPS) is 23.4. The van der Waals surface area contributed by atoms with Gasteiger partial charge >= 0.3 is 0 Å². The second-order valence-electron chi connectivity index (χ2n) is 27.7. The van der Waals surface area contributed by atoms with Crippen molar-refractivity contribution in [1.82, 2.24) is 60.5 Å². The molecule has 2 aliphatic heterocycles. The summed E-state index contributed by atoms with van der Waals surface area (Å²) in [6.45, 7) is 12.0. The van der Waals surface area contributed by atoms with Crippen molar-refractivity contribution in [2.24, 2.45) is 17.8 Å². The zero-order chi connectivity index (χ0) is 74.4. The third-order valence-electron chi connectivity index (χ3n) is 18.8. The Morgan fingerprint density at radius 3 is 1.60 bits per heavy atom. The molecule has 2 fully saturated rings. The predicted octanol–water partition coefficient (Wildman–Crippen LogP) is 5.99. The molecule has 3 aromatic carbocycles. The summed E-state index contributed by atoms with van der Waals surface area (Å²) in [6.07, 6.45) is 3.15. The average molecular weight is 1540 g/mol. The molecule has 1 unspecified atom stereocenters. The lowest BCUT2D eigenvalue weighted by Crippen LogP contribution is -2.61. The summed E-state index contributed by atoms with van der Waals surface area (Å²) in [5.41, 5.74) is 1.85. The number of nitrogens with one attached hydrogen (secondary N) is 4. The average Bonchev–Trinajstić information content (AvgIpc) is 0.821. The molecule has 5 rings (SSSR count). The van der Waals surface area contributed by atoms with Gasteiger partial charge in [-0.15, -0.1) is 0 Å². The van der Waals surface area contributed by atoms with Crippen molar-refractivity contribution in [3.63, 3.8) is 0 Å². The van der Waals surface area contributed by atoms with Crippen LogP contribution in [0.3, 0.4) is 0 Å². The Labute approximate surface area is 614 Å². The van der Waals surface area contributed by atoms with E-state index in [4.69, 9.17) is 23.2 Å². The smallest absolute Gasteiger partial charge is 0.245 e. The summed E-state index contributed by atoms with van der Waals surface area (Å²) < 4.78 is 0.835. The van der Waals surface area contributed by atoms with Crippen molar-refractivity contribution < 1.29 is 57.5 Å². The number of likely N-dealkylation sites (N-methyl/N-ethyl adjacent to an activating group) is 7. The Bertz CT molecular complexity index is 3340. The molecule has 0 spiro atoms. The minimum Gasteiger partial charge on any atom is -0.343 e. The van der Waals surface area contributed by atoms with E-state index in [0.29, 0.717) is 71.9 Å². The van der Waals surface area contributed by atoms with Crippen LogP contribution in [0, 0.1) is 21.3 Å². The van der Waals surface area contributed by atoms with Gasteiger partial charge in [0.05, 0.1) is 26.1 Å². The SMILES string of the molecule is CCCC[C@@H]1NC(=O)[C@H](Cc2cccc(I)c2)NC(=O)CN(C)C(=O)[C@H](Cc2ccc(Cl)cc2)N(C)C(=O)CN(C)C(=O)CN(C)C(=O)[C@H]([C@@H](C)CC)NC(=O)[C@H](CC(C)C)N(C)C(=O)CC(C(=O)N2CCCCC2)N(C)C(=O)[C@H](CC(C)C)NC(=O)[C@H](Cc2ccc(Cl)cc2)N(C)C1=O. The number of carbonyl (C=O) groups excluding carboxylic acids is 12. The van der Waals surface area contributed by atoms with Crippen molar-refractivity contribution in [2.45, 2.75) is 180 Å². The van der Waals surface area contributed by atoms with E-state index in [2.05, 4.69) is 43.9 Å². The molecule has 12 amide bonds. The molecule has 0 aliphatic carbocycles. The van der Waals surface area contributed by atoms with Gasteiger partial charge in [-0.25, -0.2) is 0 Å². The first-order valence-corrected chi connectivity index (χ1v) is 36.5. The maximum absolute atomic E-state index is 15.4. The van der Waals surface area contributed by atoms with Gasteiger partial charge in [0, 0.05) is 95.3 Å². The second-order valence-corrected chi connectivity index (χ2v) is 29.8. The van der Waals surface area contributed by atoms with E-state index in [1.165, 1.54) is 68.9 Å². The summed E-state index contributed by atoms with van der Waals surface area (Å²) >= 11 is 14.7. The summed E-state index contributed by atoms with van der Waals surface area (Å²) in [6, 6.07) is 10.2. The van der Waals surface area contributed by atoms with Crippen molar-refractivity contribution in [2.75, 3.05) is 82.1 Å². The standard InChI is InChI=1S/C73H105Cl2IN12O12/c1-15-17-24-54-69(96)86(13)58(39-48-25-29-51(74)30-26-48)67(94)79-56(35-45(3)4)70(97)87(14)60(72(99)88-33-19-18-20-34-88)41-62(90)84(11)57(36-46(5)6)68(95)80-65(47(7)16-2)73(100)83(10)43-63(91)81(8)44-64(92)85(12)59(40-49-27-31-52(75)32-28-49)71(98)82(9)42-61(89)77-55(66(93)78-54)38-50-22-21-23-53(76)37-50/h21-23,25-32,37,45-47,54-60,65H,15-20,24,33-36,38-44H2,1-14H3,(H,77,89)(H,78,93)(H,79,94)(H,80,95)/t47-,54-,55-,56-,57-,58-,59-,60?,65-/m0/s1. The molecule has 2 saturated heterocycles. The molecular formula is C73H105Cl2IN12O12. The lowest BCUT2D eigenvalue weighted by Gasteiger charge is -2.38. The van der Waals surface area contributed by atoms with Crippen LogP contribution in [0.2, 0.25) is 10.0 Å². The molecule has 3 aromatic rings. The number of hydrogen-bond acceptors (Lipinski definition) is 12. The quantitative estimate of drug-likeness (QED) is 0.120. The minimum absolute atomic E-state index is 0.0544. The number of amides is 12. The molecule has 100 heavy (non-hydrogen) atoms. The van der Waals surface area contributed by atoms with Crippen molar-refractivity contribution in [3.05, 3.63) is 103 Å². The first kappa shape index (κ1) is 83.3. The largest absolute Gasteiger partial charge is 0.343 e. The van der Waals surface area contributed by atoms with Gasteiger partial charge in [0.1, 0.15) is 48.3 Å². The topological polar surface area (TPSA) is 279 Å². The number of unbranched alkanes of at least 4 members (excludes halogenated alkanes) is 1. The number of benzene rings is 3. The number of hydrogen-bond donors (Lipinski definition) is 4. The molecule has 0 aromatic heterocycles. The lowest BCUT2D eigenvalue weighted by molar-refractivity contribution is -0.151. The first-order chi connectivity index (χ1) is 47.1. The fourth-order valence-electron chi connectivity index (χ4n) is 12.3. The molecule has 2 aliphatic rings. The molecule has 0 radical (unpaired) electrons. The number of carbonyl (C=O) groups is 12. The molecule has 0 saturated carbocycles. The summed E-state index contributed by atoms with van der Waals surface area (Å²) in [4.78, 5) is 188. The van der Waals surface area contributed by atoms with Crippen molar-refractivity contribution in [3.8, 4) is 0 Å². The highest BCUT2D eigenvalue weighted by molar-refractivity contribution is 14.1. The van der Waals surface area contributed by atoms with E-state index in [-0.39, 0.29) is 50.4 Å². The highest BCUT2D eigenvalue weighted by Gasteiger charge is 2.42. The van der Waals surface area contributed by atoms with Gasteiger partial charge in [-0.2, -0.15) is 0 Å². The third-order valence-corrected chi connectivity index (χ3v) is 20.0. The molecule has 4 N–H and O–H groups in total. The fourth-order valence-corrected chi connectivity index (χ4v) is 13.2. The minimum atomic E-state index is -1.43. The Morgan fingerprint density at radius 2 is 1.04 bits per heavy atom. The van der Waals surface area contributed by atoms with Gasteiger partial charge in [0.25, 0.3) is 0 Å². The van der Waals surface area contributed by atoms with E-state index >= 15 is 24.0 Å². The van der Waals surface area contributed by atoms with Gasteiger partial charge in [0.2, 0.25) is 70.9 Å². The molecule has 24 nitrogen and oxygen atoms in total. The van der Waals surface area contributed by atoms with Crippen LogP contribution in [0.15, 0.2) is 72.8 Å². The van der Waals surface area contributed by atoms with Crippen LogP contribution in [0.5, 0.6) is 0 Å². The molecule has 2 heterocycles. The van der Waals surface area contributed by atoms with Crippen LogP contribution in [0.1, 0.15) is 129 Å².